The minimum atomic E-state index is -0.0343. The van der Waals surface area contributed by atoms with E-state index in [1.807, 2.05) is 4.68 Å². The fourth-order valence-corrected chi connectivity index (χ4v) is 4.35. The molecule has 3 unspecified atom stereocenters. The minimum Gasteiger partial charge on any atom is -0.304 e. The van der Waals surface area contributed by atoms with Crippen LogP contribution in [0.3, 0.4) is 0 Å². The number of aryl methyl sites for hydroxylation is 1. The summed E-state index contributed by atoms with van der Waals surface area (Å²) in [5.74, 6) is 0.989. The Morgan fingerprint density at radius 2 is 2.19 bits per heavy atom. The molecule has 0 amide bonds. The van der Waals surface area contributed by atoms with Crippen LogP contribution in [-0.4, -0.2) is 27.6 Å². The molecule has 1 aromatic rings. The van der Waals surface area contributed by atoms with Crippen molar-refractivity contribution in [3.8, 4) is 0 Å². The van der Waals surface area contributed by atoms with Crippen LogP contribution in [0.5, 0.6) is 0 Å². The third-order valence-corrected chi connectivity index (χ3v) is 5.51. The molecule has 0 aromatic carbocycles. The van der Waals surface area contributed by atoms with E-state index in [-0.39, 0.29) is 11.8 Å². The van der Waals surface area contributed by atoms with Gasteiger partial charge in [-0.2, -0.15) is 5.10 Å². The Balaban J connectivity index is 1.75. The number of carbonyl (C=O) groups is 1. The number of ketones is 1. The van der Waals surface area contributed by atoms with Crippen LogP contribution in [0, 0.1) is 5.92 Å². The van der Waals surface area contributed by atoms with Crippen LogP contribution in [0.1, 0.15) is 62.4 Å². The van der Waals surface area contributed by atoms with E-state index < -0.39 is 0 Å². The summed E-state index contributed by atoms with van der Waals surface area (Å²) in [5.41, 5.74) is 0.739. The normalized spacial score (nSPS) is 29.1. The van der Waals surface area contributed by atoms with E-state index in [0.717, 1.165) is 35.5 Å². The zero-order chi connectivity index (χ0) is 14.8. The lowest BCUT2D eigenvalue weighted by Gasteiger charge is -2.40. The van der Waals surface area contributed by atoms with Gasteiger partial charge < -0.3 is 5.32 Å². The van der Waals surface area contributed by atoms with E-state index >= 15 is 0 Å². The number of rotatable bonds is 4. The average molecular weight is 354 g/mol. The smallest absolute Gasteiger partial charge is 0.198 e. The SMILES string of the molecule is CCCn1ncc(Br)c1C(=O)C1CCC2CCCCC2N1. The Hall–Kier alpha value is -0.680. The molecule has 0 radical (unpaired) electrons. The van der Waals surface area contributed by atoms with E-state index in [9.17, 15) is 4.79 Å². The minimum absolute atomic E-state index is 0.0343. The summed E-state index contributed by atoms with van der Waals surface area (Å²) in [6, 6.07) is 0.510. The largest absolute Gasteiger partial charge is 0.304 e. The fraction of sp³-hybridized carbons (Fsp3) is 0.750. The van der Waals surface area contributed by atoms with Gasteiger partial charge in [-0.1, -0.05) is 19.8 Å². The Morgan fingerprint density at radius 1 is 1.38 bits per heavy atom. The van der Waals surface area contributed by atoms with Gasteiger partial charge >= 0.3 is 0 Å². The Bertz CT molecular complexity index is 514. The molecule has 4 nitrogen and oxygen atoms in total. The molecule has 3 rings (SSSR count). The standard InChI is InChI=1S/C16H24BrN3O/c1-2-9-20-15(12(17)10-18-20)16(21)14-8-7-11-5-3-4-6-13(11)19-14/h10-11,13-14,19H,2-9H2,1H3. The van der Waals surface area contributed by atoms with Crippen molar-refractivity contribution >= 4 is 21.7 Å². The zero-order valence-electron chi connectivity index (χ0n) is 12.6. The van der Waals surface area contributed by atoms with Crippen molar-refractivity contribution in [1.82, 2.24) is 15.1 Å². The molecule has 0 bridgehead atoms. The Kier molecular flexibility index (Phi) is 4.79. The van der Waals surface area contributed by atoms with Crippen LogP contribution in [-0.2, 0) is 6.54 Å². The van der Waals surface area contributed by atoms with Gasteiger partial charge in [0.2, 0.25) is 0 Å². The van der Waals surface area contributed by atoms with E-state index in [1.54, 1.807) is 6.20 Å². The van der Waals surface area contributed by atoms with Crippen molar-refractivity contribution in [2.24, 2.45) is 5.92 Å². The predicted molar refractivity (Wildman–Crippen MR) is 86.5 cm³/mol. The maximum absolute atomic E-state index is 12.9. The van der Waals surface area contributed by atoms with Crippen LogP contribution < -0.4 is 5.32 Å². The topological polar surface area (TPSA) is 46.9 Å². The van der Waals surface area contributed by atoms with Crippen molar-refractivity contribution in [2.75, 3.05) is 0 Å². The number of Topliss-reactive ketones (excluding diaryl/α,β-unsaturated/α-hetero) is 1. The van der Waals surface area contributed by atoms with Gasteiger partial charge in [-0.3, -0.25) is 9.48 Å². The second kappa shape index (κ2) is 6.61. The molecule has 1 aliphatic heterocycles. The molecule has 2 heterocycles. The van der Waals surface area contributed by atoms with E-state index in [1.165, 1.54) is 32.1 Å². The van der Waals surface area contributed by atoms with Crippen molar-refractivity contribution < 1.29 is 4.79 Å². The summed E-state index contributed by atoms with van der Waals surface area (Å²) in [6.45, 7) is 2.90. The van der Waals surface area contributed by atoms with E-state index in [4.69, 9.17) is 0 Å². The third-order valence-electron chi connectivity index (χ3n) is 4.93. The second-order valence-corrected chi connectivity index (χ2v) is 7.23. The van der Waals surface area contributed by atoms with Crippen LogP contribution in [0.2, 0.25) is 0 Å². The van der Waals surface area contributed by atoms with Crippen LogP contribution in [0.15, 0.2) is 10.7 Å². The summed E-state index contributed by atoms with van der Waals surface area (Å²) >= 11 is 3.49. The van der Waals surface area contributed by atoms with Crippen LogP contribution >= 0.6 is 15.9 Å². The summed E-state index contributed by atoms with van der Waals surface area (Å²) in [7, 11) is 0. The molecule has 1 N–H and O–H groups in total. The first-order chi connectivity index (χ1) is 10.2. The summed E-state index contributed by atoms with van der Waals surface area (Å²) < 4.78 is 2.68. The summed E-state index contributed by atoms with van der Waals surface area (Å²) in [5, 5.41) is 7.95. The Labute approximate surface area is 134 Å². The fourth-order valence-electron chi connectivity index (χ4n) is 3.86. The van der Waals surface area contributed by atoms with Crippen molar-refractivity contribution in [1.29, 1.82) is 0 Å². The van der Waals surface area contributed by atoms with Crippen molar-refractivity contribution in [3.63, 3.8) is 0 Å². The van der Waals surface area contributed by atoms with Gasteiger partial charge in [0.05, 0.1) is 16.7 Å². The summed E-state index contributed by atoms with van der Waals surface area (Å²) in [4.78, 5) is 12.9. The van der Waals surface area contributed by atoms with Gasteiger partial charge in [-0.15, -0.1) is 0 Å². The molecule has 1 aromatic heterocycles. The first-order valence-electron chi connectivity index (χ1n) is 8.22. The average Bonchev–Trinajstić information content (AvgIpc) is 2.87. The molecule has 21 heavy (non-hydrogen) atoms. The van der Waals surface area contributed by atoms with Crippen LogP contribution in [0.4, 0.5) is 0 Å². The monoisotopic (exact) mass is 353 g/mol. The number of aromatic nitrogens is 2. The number of fused-ring (bicyclic) bond motifs is 1. The van der Waals surface area contributed by atoms with Gasteiger partial charge in [-0.05, 0) is 54.0 Å². The molecule has 116 valence electrons. The highest BCUT2D eigenvalue weighted by Gasteiger charge is 2.36. The molecule has 5 heteroatoms. The highest BCUT2D eigenvalue weighted by Crippen LogP contribution is 2.33. The van der Waals surface area contributed by atoms with Crippen LogP contribution in [0.25, 0.3) is 0 Å². The molecule has 1 aliphatic carbocycles. The first kappa shape index (κ1) is 15.2. The molecule has 3 atom stereocenters. The van der Waals surface area contributed by atoms with Gasteiger partial charge in [0.1, 0.15) is 5.69 Å². The lowest BCUT2D eigenvalue weighted by Crippen LogP contribution is -2.52. The first-order valence-corrected chi connectivity index (χ1v) is 9.01. The lowest BCUT2D eigenvalue weighted by atomic mass is 9.77. The molecule has 2 fully saturated rings. The van der Waals surface area contributed by atoms with E-state index in [2.05, 4.69) is 33.3 Å². The van der Waals surface area contributed by atoms with Gasteiger partial charge in [0, 0.05) is 12.6 Å². The van der Waals surface area contributed by atoms with Gasteiger partial charge in [-0.25, -0.2) is 0 Å². The molecule has 1 saturated carbocycles. The quantitative estimate of drug-likeness (QED) is 0.842. The molecule has 1 saturated heterocycles. The molecule has 0 spiro atoms. The maximum atomic E-state index is 12.9. The number of hydrogen-bond donors (Lipinski definition) is 1. The maximum Gasteiger partial charge on any atom is 0.198 e. The number of hydrogen-bond acceptors (Lipinski definition) is 3. The van der Waals surface area contributed by atoms with Gasteiger partial charge in [0.25, 0.3) is 0 Å². The van der Waals surface area contributed by atoms with Crippen molar-refractivity contribution in [2.45, 2.75) is 70.5 Å². The predicted octanol–water partition coefficient (Wildman–Crippen LogP) is 3.55. The molecular formula is C16H24BrN3O. The zero-order valence-corrected chi connectivity index (χ0v) is 14.2. The van der Waals surface area contributed by atoms with Crippen molar-refractivity contribution in [3.05, 3.63) is 16.4 Å². The summed E-state index contributed by atoms with van der Waals surface area (Å²) in [6.07, 6.45) is 10.1. The Morgan fingerprint density at radius 3 is 3.00 bits per heavy atom. The molecular weight excluding hydrogens is 330 g/mol. The number of carbonyl (C=O) groups excluding carboxylic acids is 1. The number of nitrogens with one attached hydrogen (secondary N) is 1. The highest BCUT2D eigenvalue weighted by molar-refractivity contribution is 9.10. The molecule has 2 aliphatic rings. The van der Waals surface area contributed by atoms with E-state index in [0.29, 0.717) is 6.04 Å². The highest BCUT2D eigenvalue weighted by atomic mass is 79.9. The number of piperidine rings is 1. The number of nitrogens with zero attached hydrogens (tertiary/aromatic N) is 2. The third kappa shape index (κ3) is 3.09. The number of halogens is 1. The lowest BCUT2D eigenvalue weighted by molar-refractivity contribution is 0.0849. The second-order valence-electron chi connectivity index (χ2n) is 6.38. The van der Waals surface area contributed by atoms with Gasteiger partial charge in [0.15, 0.2) is 5.78 Å².